The molecule has 0 saturated carbocycles. The predicted octanol–water partition coefficient (Wildman–Crippen LogP) is 4.21. The second-order valence-electron chi connectivity index (χ2n) is 7.41. The molecule has 0 bridgehead atoms. The zero-order valence-electron chi connectivity index (χ0n) is 17.9. The van der Waals surface area contributed by atoms with Crippen molar-refractivity contribution in [2.24, 2.45) is 5.92 Å². The number of amides is 1. The summed E-state index contributed by atoms with van der Waals surface area (Å²) < 4.78 is 11.1. The summed E-state index contributed by atoms with van der Waals surface area (Å²) in [5.41, 5.74) is 1.56. The Labute approximate surface area is 168 Å². The summed E-state index contributed by atoms with van der Waals surface area (Å²) in [5, 5.41) is 0. The number of rotatable bonds is 10. The average molecular weight is 388 g/mol. The average Bonchev–Trinajstić information content (AvgIpc) is 3.15. The van der Waals surface area contributed by atoms with E-state index in [9.17, 15) is 4.79 Å². The molecule has 0 fully saturated rings. The first-order valence-electron chi connectivity index (χ1n) is 10.0. The van der Waals surface area contributed by atoms with Crippen LogP contribution in [0.2, 0.25) is 0 Å². The van der Waals surface area contributed by atoms with Crippen molar-refractivity contribution in [2.75, 3.05) is 20.2 Å². The lowest BCUT2D eigenvalue weighted by Gasteiger charge is -2.30. The van der Waals surface area contributed by atoms with E-state index in [0.29, 0.717) is 43.2 Å². The fourth-order valence-electron chi connectivity index (χ4n) is 2.85. The van der Waals surface area contributed by atoms with E-state index in [1.807, 2.05) is 26.0 Å². The molecule has 1 aromatic heterocycles. The van der Waals surface area contributed by atoms with E-state index in [4.69, 9.17) is 9.15 Å². The van der Waals surface area contributed by atoms with Gasteiger partial charge in [0.2, 0.25) is 5.89 Å². The van der Waals surface area contributed by atoms with Crippen LogP contribution in [0.25, 0.3) is 0 Å². The maximum atomic E-state index is 12.3. The van der Waals surface area contributed by atoms with Crippen LogP contribution in [0.15, 0.2) is 34.9 Å². The summed E-state index contributed by atoms with van der Waals surface area (Å²) >= 11 is 0. The third-order valence-electron chi connectivity index (χ3n) is 5.09. The van der Waals surface area contributed by atoms with Gasteiger partial charge in [-0.3, -0.25) is 9.69 Å². The molecular formula is C22H33N3O3. The van der Waals surface area contributed by atoms with E-state index in [2.05, 4.69) is 42.8 Å². The number of oxazole rings is 1. The summed E-state index contributed by atoms with van der Waals surface area (Å²) in [6, 6.07) is 8.51. The van der Waals surface area contributed by atoms with Crippen molar-refractivity contribution in [2.45, 2.75) is 53.8 Å². The molecule has 28 heavy (non-hydrogen) atoms. The Morgan fingerprint density at radius 3 is 2.39 bits per heavy atom. The van der Waals surface area contributed by atoms with Gasteiger partial charge in [-0.25, -0.2) is 4.98 Å². The molecule has 1 aromatic carbocycles. The highest BCUT2D eigenvalue weighted by molar-refractivity contribution is 5.91. The molecule has 1 amide bonds. The topological polar surface area (TPSA) is 58.8 Å². The lowest BCUT2D eigenvalue weighted by molar-refractivity contribution is 0.0796. The summed E-state index contributed by atoms with van der Waals surface area (Å²) in [5.74, 6) is 1.80. The number of hydrogen-bond acceptors (Lipinski definition) is 5. The molecular weight excluding hydrogens is 354 g/mol. The van der Waals surface area contributed by atoms with Gasteiger partial charge in [-0.1, -0.05) is 26.0 Å². The molecule has 1 heterocycles. The van der Waals surface area contributed by atoms with Gasteiger partial charge in [-0.15, -0.1) is 0 Å². The highest BCUT2D eigenvalue weighted by atomic mass is 16.5. The van der Waals surface area contributed by atoms with E-state index in [-0.39, 0.29) is 5.91 Å². The first-order valence-corrected chi connectivity index (χ1v) is 10.0. The molecule has 0 N–H and O–H groups in total. The SMILES string of the molecule is CCOc1ccc(CN(Cc2nc(C(=O)N(C)CC)co2)C(C)C(C)C)cc1. The Hall–Kier alpha value is -2.34. The maximum Gasteiger partial charge on any atom is 0.275 e. The van der Waals surface area contributed by atoms with E-state index in [1.165, 1.54) is 11.8 Å². The van der Waals surface area contributed by atoms with E-state index >= 15 is 0 Å². The largest absolute Gasteiger partial charge is 0.494 e. The van der Waals surface area contributed by atoms with Crippen LogP contribution < -0.4 is 4.74 Å². The van der Waals surface area contributed by atoms with Crippen LogP contribution in [0.4, 0.5) is 0 Å². The van der Waals surface area contributed by atoms with Crippen LogP contribution in [0.5, 0.6) is 5.75 Å². The normalized spacial score (nSPS) is 12.4. The van der Waals surface area contributed by atoms with Gasteiger partial charge in [0.05, 0.1) is 13.2 Å². The molecule has 154 valence electrons. The molecule has 1 atom stereocenters. The predicted molar refractivity (Wildman–Crippen MR) is 110 cm³/mol. The van der Waals surface area contributed by atoms with Crippen LogP contribution in [-0.4, -0.2) is 46.9 Å². The summed E-state index contributed by atoms with van der Waals surface area (Å²) in [4.78, 5) is 20.6. The van der Waals surface area contributed by atoms with Crippen molar-refractivity contribution in [1.82, 2.24) is 14.8 Å². The van der Waals surface area contributed by atoms with Crippen LogP contribution in [0, 0.1) is 5.92 Å². The molecule has 0 aliphatic carbocycles. The van der Waals surface area contributed by atoms with Crippen molar-refractivity contribution >= 4 is 5.91 Å². The highest BCUT2D eigenvalue weighted by Crippen LogP contribution is 2.20. The number of ether oxygens (including phenoxy) is 1. The quantitative estimate of drug-likeness (QED) is 0.611. The monoisotopic (exact) mass is 387 g/mol. The zero-order chi connectivity index (χ0) is 20.7. The Balaban J connectivity index is 2.13. The lowest BCUT2D eigenvalue weighted by Crippen LogP contribution is -2.36. The van der Waals surface area contributed by atoms with Crippen molar-refractivity contribution in [3.05, 3.63) is 47.7 Å². The van der Waals surface area contributed by atoms with Crippen LogP contribution >= 0.6 is 0 Å². The van der Waals surface area contributed by atoms with Gasteiger partial charge in [0.1, 0.15) is 12.0 Å². The molecule has 2 aromatic rings. The first-order chi connectivity index (χ1) is 13.3. The van der Waals surface area contributed by atoms with Gasteiger partial charge >= 0.3 is 0 Å². The fourth-order valence-corrected chi connectivity index (χ4v) is 2.85. The second kappa shape index (κ2) is 10.3. The van der Waals surface area contributed by atoms with Crippen molar-refractivity contribution < 1.29 is 13.9 Å². The number of aromatic nitrogens is 1. The number of benzene rings is 1. The van der Waals surface area contributed by atoms with Gasteiger partial charge in [-0.2, -0.15) is 0 Å². The molecule has 0 saturated heterocycles. The Kier molecular flexibility index (Phi) is 8.05. The van der Waals surface area contributed by atoms with Gasteiger partial charge in [0.25, 0.3) is 5.91 Å². The molecule has 0 radical (unpaired) electrons. The van der Waals surface area contributed by atoms with Crippen molar-refractivity contribution in [1.29, 1.82) is 0 Å². The maximum absolute atomic E-state index is 12.3. The lowest BCUT2D eigenvalue weighted by atomic mass is 10.0. The van der Waals surface area contributed by atoms with E-state index in [0.717, 1.165) is 12.3 Å². The van der Waals surface area contributed by atoms with Crippen molar-refractivity contribution in [3.63, 3.8) is 0 Å². The summed E-state index contributed by atoms with van der Waals surface area (Å²) in [6.07, 6.45) is 1.46. The first kappa shape index (κ1) is 22.0. The molecule has 2 rings (SSSR count). The van der Waals surface area contributed by atoms with Crippen LogP contribution in [-0.2, 0) is 13.1 Å². The highest BCUT2D eigenvalue weighted by Gasteiger charge is 2.22. The van der Waals surface area contributed by atoms with E-state index in [1.54, 1.807) is 11.9 Å². The zero-order valence-corrected chi connectivity index (χ0v) is 17.9. The van der Waals surface area contributed by atoms with E-state index < -0.39 is 0 Å². The molecule has 6 heteroatoms. The molecule has 6 nitrogen and oxygen atoms in total. The molecule has 0 aliphatic rings. The van der Waals surface area contributed by atoms with Gasteiger partial charge in [0, 0.05) is 26.2 Å². The summed E-state index contributed by atoms with van der Waals surface area (Å²) in [6.45, 7) is 13.1. The third-order valence-corrected chi connectivity index (χ3v) is 5.09. The molecule has 0 spiro atoms. The number of carbonyl (C=O) groups excluding carboxylic acids is 1. The summed E-state index contributed by atoms with van der Waals surface area (Å²) in [7, 11) is 1.76. The second-order valence-corrected chi connectivity index (χ2v) is 7.41. The standard InChI is InChI=1S/C22H33N3O3/c1-7-24(6)22(26)20-15-28-21(23-20)14-25(17(5)16(3)4)13-18-9-11-19(12-10-18)27-8-2/h9-12,15-17H,7-8,13-14H2,1-6H3. The van der Waals surface area contributed by atoms with Gasteiger partial charge in [-0.05, 0) is 44.4 Å². The Bertz CT molecular complexity index is 740. The Morgan fingerprint density at radius 1 is 1.14 bits per heavy atom. The number of nitrogens with zero attached hydrogens (tertiary/aromatic N) is 3. The smallest absolute Gasteiger partial charge is 0.275 e. The van der Waals surface area contributed by atoms with Crippen LogP contribution in [0.3, 0.4) is 0 Å². The fraction of sp³-hybridized carbons (Fsp3) is 0.545. The minimum absolute atomic E-state index is 0.118. The van der Waals surface area contributed by atoms with Gasteiger partial charge < -0.3 is 14.1 Å². The number of carbonyl (C=O) groups is 1. The molecule has 0 aliphatic heterocycles. The third kappa shape index (κ3) is 5.83. The Morgan fingerprint density at radius 2 is 1.82 bits per heavy atom. The van der Waals surface area contributed by atoms with Crippen LogP contribution in [0.1, 0.15) is 56.6 Å². The minimum Gasteiger partial charge on any atom is -0.494 e. The molecule has 1 unspecified atom stereocenters. The van der Waals surface area contributed by atoms with Gasteiger partial charge in [0.15, 0.2) is 5.69 Å². The van der Waals surface area contributed by atoms with Crippen molar-refractivity contribution in [3.8, 4) is 5.75 Å². The minimum atomic E-state index is -0.118. The number of hydrogen-bond donors (Lipinski definition) is 0.